The van der Waals surface area contributed by atoms with E-state index in [1.54, 1.807) is 28.4 Å². The zero-order valence-electron chi connectivity index (χ0n) is 41.2. The summed E-state index contributed by atoms with van der Waals surface area (Å²) in [6, 6.07) is 3.94. The first kappa shape index (κ1) is 59.7. The Labute approximate surface area is 377 Å². The van der Waals surface area contributed by atoms with Crippen molar-refractivity contribution in [2.24, 2.45) is 11.8 Å². The minimum absolute atomic E-state index is 0.176. The number of rotatable bonds is 42. The Hall–Kier alpha value is 0.738. The van der Waals surface area contributed by atoms with Gasteiger partial charge in [-0.25, -0.2) is 0 Å². The van der Waals surface area contributed by atoms with E-state index >= 15 is 0 Å². The maximum absolute atomic E-state index is 6.06. The zero-order valence-corrected chi connectivity index (χ0v) is 46.0. The summed E-state index contributed by atoms with van der Waals surface area (Å²) in [6.45, 7) is 33.5. The molecule has 0 amide bonds. The Kier molecular flexibility index (Phi) is 36.5. The fourth-order valence-corrected chi connectivity index (χ4v) is 16.1. The lowest BCUT2D eigenvalue weighted by molar-refractivity contribution is 0.0611. The van der Waals surface area contributed by atoms with Gasteiger partial charge in [0.15, 0.2) is 0 Å². The summed E-state index contributed by atoms with van der Waals surface area (Å²) in [5.41, 5.74) is 0. The lowest BCUT2D eigenvalue weighted by Crippen LogP contribution is -2.65. The molecule has 0 aromatic carbocycles. The number of hydrogen-bond donors (Lipinski definition) is 0. The Morgan fingerprint density at radius 1 is 0.458 bits per heavy atom. The zero-order chi connectivity index (χ0) is 44.7. The average Bonchev–Trinajstić information content (AvgIpc) is 3.21. The van der Waals surface area contributed by atoms with Crippen LogP contribution in [-0.4, -0.2) is 188 Å². The second-order valence-corrected chi connectivity index (χ2v) is 24.8. The molecular formula is C42H94N4O8SSi4. The Bertz CT molecular complexity index is 884. The van der Waals surface area contributed by atoms with E-state index in [1.165, 1.54) is 0 Å². The molecule has 0 aromatic heterocycles. The molecule has 0 aromatic rings. The van der Waals surface area contributed by atoms with Crippen LogP contribution in [0.2, 0.25) is 24.2 Å². The van der Waals surface area contributed by atoms with Crippen molar-refractivity contribution in [3.63, 3.8) is 0 Å². The van der Waals surface area contributed by atoms with Gasteiger partial charge in [-0.05, 0) is 143 Å². The van der Waals surface area contributed by atoms with Crippen LogP contribution in [0.5, 0.6) is 0 Å². The maximum Gasteiger partial charge on any atom is 0.384 e. The minimum atomic E-state index is -1.28. The van der Waals surface area contributed by atoms with Gasteiger partial charge in [-0.3, -0.25) is 9.80 Å². The highest BCUT2D eigenvalue weighted by molar-refractivity contribution is 8.02. The van der Waals surface area contributed by atoms with Crippen molar-refractivity contribution in [3.05, 3.63) is 0 Å². The van der Waals surface area contributed by atoms with E-state index in [4.69, 9.17) is 35.4 Å². The molecule has 0 fully saturated rings. The van der Waals surface area contributed by atoms with Gasteiger partial charge >= 0.3 is 37.1 Å². The molecule has 0 spiro atoms. The summed E-state index contributed by atoms with van der Waals surface area (Å²) < 4.78 is 47.3. The lowest BCUT2D eigenvalue weighted by Gasteiger charge is -2.58. The highest BCUT2D eigenvalue weighted by Gasteiger charge is 2.53. The number of thioether (sulfide) groups is 1. The van der Waals surface area contributed by atoms with Crippen molar-refractivity contribution in [3.8, 4) is 0 Å². The molecule has 0 saturated carbocycles. The van der Waals surface area contributed by atoms with Gasteiger partial charge in [0.05, 0.1) is 9.74 Å². The molecular weight excluding hydrogens is 833 g/mol. The highest BCUT2D eigenvalue weighted by atomic mass is 32.2. The fraction of sp³-hybridized carbons (Fsp3) is 1.00. The van der Waals surface area contributed by atoms with E-state index in [2.05, 4.69) is 115 Å². The van der Waals surface area contributed by atoms with Gasteiger partial charge in [0.25, 0.3) is 0 Å². The van der Waals surface area contributed by atoms with Gasteiger partial charge in [-0.1, -0.05) is 54.4 Å². The molecule has 0 aliphatic carbocycles. The molecule has 59 heavy (non-hydrogen) atoms. The van der Waals surface area contributed by atoms with E-state index in [0.29, 0.717) is 38.3 Å². The second-order valence-electron chi connectivity index (χ2n) is 15.4. The molecule has 0 heterocycles. The van der Waals surface area contributed by atoms with Gasteiger partial charge in [0, 0.05) is 68.0 Å². The minimum Gasteiger partial charge on any atom is -0.397 e. The molecule has 0 aliphatic heterocycles. The smallest absolute Gasteiger partial charge is 0.384 e. The molecule has 4 unspecified atom stereocenters. The van der Waals surface area contributed by atoms with Crippen LogP contribution in [0.1, 0.15) is 108 Å². The Morgan fingerprint density at radius 3 is 1.00 bits per heavy atom. The van der Waals surface area contributed by atoms with E-state index in [-0.39, 0.29) is 9.74 Å². The van der Waals surface area contributed by atoms with Crippen LogP contribution < -0.4 is 0 Å². The van der Waals surface area contributed by atoms with Crippen molar-refractivity contribution < 1.29 is 35.4 Å². The van der Waals surface area contributed by atoms with Crippen LogP contribution in [0.3, 0.4) is 0 Å². The molecule has 0 aliphatic rings. The van der Waals surface area contributed by atoms with Crippen LogP contribution in [0.4, 0.5) is 0 Å². The first-order valence-corrected chi connectivity index (χ1v) is 29.9. The molecule has 0 saturated heterocycles. The van der Waals surface area contributed by atoms with E-state index < -0.39 is 37.1 Å². The van der Waals surface area contributed by atoms with Crippen molar-refractivity contribution in [1.82, 2.24) is 19.6 Å². The van der Waals surface area contributed by atoms with Gasteiger partial charge < -0.3 is 45.2 Å². The third-order valence-corrected chi connectivity index (χ3v) is 21.1. The van der Waals surface area contributed by atoms with Gasteiger partial charge in [0.1, 0.15) is 0 Å². The first-order chi connectivity index (χ1) is 28.3. The summed E-state index contributed by atoms with van der Waals surface area (Å²) in [5, 5.41) is 0. The normalized spacial score (nSPS) is 15.9. The van der Waals surface area contributed by atoms with Crippen LogP contribution in [0.25, 0.3) is 0 Å². The molecule has 0 N–H and O–H groups in total. The van der Waals surface area contributed by atoms with E-state index in [0.717, 1.165) is 115 Å². The van der Waals surface area contributed by atoms with Crippen LogP contribution in [0, 0.1) is 11.8 Å². The van der Waals surface area contributed by atoms with E-state index in [9.17, 15) is 0 Å². The summed E-state index contributed by atoms with van der Waals surface area (Å²) in [6.07, 6.45) is 6.48. The average molecular weight is 928 g/mol. The van der Waals surface area contributed by atoms with Crippen molar-refractivity contribution in [2.75, 3.05) is 121 Å². The fourth-order valence-electron chi connectivity index (χ4n) is 8.42. The third-order valence-electron chi connectivity index (χ3n) is 11.5. The standard InChI is InChI=1S/C42H94N4O8SSi4/c1-17-45(18-2)41(39(9)29-25-33-56(47-13)48-14,37-43(11)31-27-35-58(51-21-5)52-22-6)55-42(46(19-3)20-4,40(10)30-26-34-57(49-15)50-16)38-44(12)32-28-36-59(53-23-7)54-24-8/h39-40H,17-38H2,1-16H3. The Balaban J connectivity index is 7.46. The molecule has 352 valence electrons. The first-order valence-electron chi connectivity index (χ1n) is 23.0. The summed E-state index contributed by atoms with van der Waals surface area (Å²) >= 11 is 2.30. The lowest BCUT2D eigenvalue weighted by atomic mass is 9.92. The summed E-state index contributed by atoms with van der Waals surface area (Å²) in [5.74, 6) is 0.787. The highest BCUT2D eigenvalue weighted by Crippen LogP contribution is 2.52. The van der Waals surface area contributed by atoms with Crippen LogP contribution in [-0.2, 0) is 35.4 Å². The summed E-state index contributed by atoms with van der Waals surface area (Å²) in [4.78, 5) is 10.5. The van der Waals surface area contributed by atoms with E-state index in [1.807, 2.05) is 0 Å². The van der Waals surface area contributed by atoms with Gasteiger partial charge in [0.2, 0.25) is 0 Å². The van der Waals surface area contributed by atoms with Crippen LogP contribution in [0.15, 0.2) is 0 Å². The molecule has 17 heteroatoms. The number of hydrogen-bond acceptors (Lipinski definition) is 13. The van der Waals surface area contributed by atoms with Gasteiger partial charge in [-0.2, -0.15) is 0 Å². The predicted molar refractivity (Wildman–Crippen MR) is 257 cm³/mol. The predicted octanol–water partition coefficient (Wildman–Crippen LogP) is 7.96. The second kappa shape index (κ2) is 36.0. The molecule has 12 nitrogen and oxygen atoms in total. The largest absolute Gasteiger partial charge is 0.397 e. The van der Waals surface area contributed by atoms with Crippen LogP contribution >= 0.6 is 11.8 Å². The van der Waals surface area contributed by atoms with Crippen molar-refractivity contribution in [2.45, 2.75) is 142 Å². The Morgan fingerprint density at radius 2 is 0.746 bits per heavy atom. The summed E-state index contributed by atoms with van der Waals surface area (Å²) in [7, 11) is 6.80. The SMILES string of the molecule is CCO[Si](CCCN(C)CC(SC(CN(C)CCC[Si](OCC)OCC)(C(C)CCC[Si](OC)OC)N(CC)CC)(C(C)CCC[Si](OC)OC)N(CC)CC)OCC. The maximum atomic E-state index is 6.06. The third kappa shape index (κ3) is 22.0. The monoisotopic (exact) mass is 927 g/mol. The quantitative estimate of drug-likeness (QED) is 0.0439. The topological polar surface area (TPSA) is 86.8 Å². The van der Waals surface area contributed by atoms with Crippen molar-refractivity contribution in [1.29, 1.82) is 0 Å². The molecule has 4 radical (unpaired) electrons. The molecule has 4 atom stereocenters. The van der Waals surface area contributed by atoms with Crippen molar-refractivity contribution >= 4 is 48.9 Å². The number of nitrogens with zero attached hydrogens (tertiary/aromatic N) is 4. The molecule has 0 bridgehead atoms. The molecule has 0 rings (SSSR count). The number of likely N-dealkylation sites (N-methyl/N-ethyl adjacent to an activating group) is 4. The van der Waals surface area contributed by atoms with Gasteiger partial charge in [-0.15, -0.1) is 11.8 Å².